The molecule has 1 aliphatic heterocycles. The highest BCUT2D eigenvalue weighted by molar-refractivity contribution is 5.95. The maximum absolute atomic E-state index is 12.4. The topological polar surface area (TPSA) is 38.1 Å². The number of piperidine rings is 1. The second-order valence-corrected chi connectivity index (χ2v) is 4.98. The molecule has 0 bridgehead atoms. The number of nitrogens with zero attached hydrogens (tertiary/aromatic N) is 3. The van der Waals surface area contributed by atoms with Crippen molar-refractivity contribution in [3.63, 3.8) is 0 Å². The van der Waals surface area contributed by atoms with Gasteiger partial charge < -0.3 is 4.90 Å². The number of rotatable bonds is 2. The summed E-state index contributed by atoms with van der Waals surface area (Å²) in [7, 11) is 0. The molecule has 1 saturated heterocycles. The SMILES string of the molecule is CCn1cc(C(=O)N2CCC[C@H](C)C2)c(C)n1. The number of carbonyl (C=O) groups is 1. The Morgan fingerprint density at radius 2 is 2.35 bits per heavy atom. The zero-order chi connectivity index (χ0) is 12.4. The van der Waals surface area contributed by atoms with Gasteiger partial charge in [-0.25, -0.2) is 0 Å². The molecule has 17 heavy (non-hydrogen) atoms. The monoisotopic (exact) mass is 235 g/mol. The summed E-state index contributed by atoms with van der Waals surface area (Å²) in [5, 5.41) is 4.33. The van der Waals surface area contributed by atoms with Gasteiger partial charge in [0.05, 0.1) is 11.3 Å². The molecular formula is C13H21N3O. The summed E-state index contributed by atoms with van der Waals surface area (Å²) < 4.78 is 1.83. The first-order chi connectivity index (χ1) is 8.11. The van der Waals surface area contributed by atoms with Gasteiger partial charge in [0.1, 0.15) is 0 Å². The van der Waals surface area contributed by atoms with Crippen LogP contribution in [0.25, 0.3) is 0 Å². The third-order valence-corrected chi connectivity index (χ3v) is 3.44. The lowest BCUT2D eigenvalue weighted by atomic mass is 9.99. The Labute approximate surface area is 103 Å². The molecule has 0 N–H and O–H groups in total. The molecule has 0 spiro atoms. The Morgan fingerprint density at radius 3 is 2.94 bits per heavy atom. The van der Waals surface area contributed by atoms with Gasteiger partial charge in [0, 0.05) is 25.8 Å². The van der Waals surface area contributed by atoms with E-state index in [1.54, 1.807) is 0 Å². The van der Waals surface area contributed by atoms with Crippen LogP contribution in [-0.2, 0) is 6.54 Å². The predicted molar refractivity (Wildman–Crippen MR) is 66.9 cm³/mol. The summed E-state index contributed by atoms with van der Waals surface area (Å²) in [6, 6.07) is 0. The number of hydrogen-bond donors (Lipinski definition) is 0. The van der Waals surface area contributed by atoms with E-state index in [1.165, 1.54) is 6.42 Å². The van der Waals surface area contributed by atoms with Crippen LogP contribution in [0.3, 0.4) is 0 Å². The lowest BCUT2D eigenvalue weighted by Gasteiger charge is -2.30. The summed E-state index contributed by atoms with van der Waals surface area (Å²) in [6.07, 6.45) is 4.22. The van der Waals surface area contributed by atoms with Crippen molar-refractivity contribution in [1.29, 1.82) is 0 Å². The highest BCUT2D eigenvalue weighted by Crippen LogP contribution is 2.18. The lowest BCUT2D eigenvalue weighted by molar-refractivity contribution is 0.0682. The van der Waals surface area contributed by atoms with E-state index in [2.05, 4.69) is 12.0 Å². The summed E-state index contributed by atoms with van der Waals surface area (Å²) in [5.74, 6) is 0.767. The predicted octanol–water partition coefficient (Wildman–Crippen LogP) is 2.08. The van der Waals surface area contributed by atoms with Gasteiger partial charge in [0.25, 0.3) is 5.91 Å². The minimum atomic E-state index is 0.147. The zero-order valence-corrected chi connectivity index (χ0v) is 10.9. The van der Waals surface area contributed by atoms with E-state index in [4.69, 9.17) is 0 Å². The molecular weight excluding hydrogens is 214 g/mol. The van der Waals surface area contributed by atoms with Crippen molar-refractivity contribution < 1.29 is 4.79 Å². The van der Waals surface area contributed by atoms with Gasteiger partial charge in [0.15, 0.2) is 0 Å². The maximum Gasteiger partial charge on any atom is 0.257 e. The van der Waals surface area contributed by atoms with Crippen LogP contribution in [0.2, 0.25) is 0 Å². The molecule has 2 rings (SSSR count). The van der Waals surface area contributed by atoms with Crippen LogP contribution in [-0.4, -0.2) is 33.7 Å². The number of carbonyl (C=O) groups excluding carboxylic acids is 1. The van der Waals surface area contributed by atoms with E-state index < -0.39 is 0 Å². The van der Waals surface area contributed by atoms with Gasteiger partial charge >= 0.3 is 0 Å². The molecule has 0 saturated carbocycles. The van der Waals surface area contributed by atoms with E-state index in [0.717, 1.165) is 37.3 Å². The smallest absolute Gasteiger partial charge is 0.257 e. The molecule has 4 nitrogen and oxygen atoms in total. The van der Waals surface area contributed by atoms with E-state index >= 15 is 0 Å². The average molecular weight is 235 g/mol. The van der Waals surface area contributed by atoms with Crippen LogP contribution in [0.1, 0.15) is 42.7 Å². The lowest BCUT2D eigenvalue weighted by Crippen LogP contribution is -2.39. The van der Waals surface area contributed by atoms with E-state index in [0.29, 0.717) is 5.92 Å². The van der Waals surface area contributed by atoms with Crippen molar-refractivity contribution in [2.75, 3.05) is 13.1 Å². The molecule has 1 amide bonds. The third kappa shape index (κ3) is 2.51. The normalized spacial score (nSPS) is 20.6. The Kier molecular flexibility index (Phi) is 3.50. The molecule has 94 valence electrons. The first kappa shape index (κ1) is 12.1. The highest BCUT2D eigenvalue weighted by atomic mass is 16.2. The Balaban J connectivity index is 2.15. The fourth-order valence-corrected chi connectivity index (χ4v) is 2.43. The first-order valence-corrected chi connectivity index (χ1v) is 6.45. The Bertz CT molecular complexity index is 411. The summed E-state index contributed by atoms with van der Waals surface area (Å²) in [4.78, 5) is 14.3. The van der Waals surface area contributed by atoms with Gasteiger partial charge in [-0.05, 0) is 32.6 Å². The largest absolute Gasteiger partial charge is 0.338 e. The van der Waals surface area contributed by atoms with Crippen LogP contribution < -0.4 is 0 Å². The Morgan fingerprint density at radius 1 is 1.59 bits per heavy atom. The fourth-order valence-electron chi connectivity index (χ4n) is 2.43. The zero-order valence-electron chi connectivity index (χ0n) is 10.9. The number of likely N-dealkylation sites (tertiary alicyclic amines) is 1. The number of hydrogen-bond acceptors (Lipinski definition) is 2. The quantitative estimate of drug-likeness (QED) is 0.787. The molecule has 0 radical (unpaired) electrons. The average Bonchev–Trinajstić information content (AvgIpc) is 2.69. The molecule has 0 unspecified atom stereocenters. The molecule has 1 fully saturated rings. The van der Waals surface area contributed by atoms with Gasteiger partial charge in [-0.1, -0.05) is 6.92 Å². The highest BCUT2D eigenvalue weighted by Gasteiger charge is 2.24. The summed E-state index contributed by atoms with van der Waals surface area (Å²) in [5.41, 5.74) is 1.61. The molecule has 1 aromatic heterocycles. The second-order valence-electron chi connectivity index (χ2n) is 4.98. The van der Waals surface area contributed by atoms with Gasteiger partial charge in [-0.2, -0.15) is 5.10 Å². The molecule has 1 atom stereocenters. The minimum absolute atomic E-state index is 0.147. The van der Waals surface area contributed by atoms with Crippen LogP contribution in [0, 0.1) is 12.8 Å². The van der Waals surface area contributed by atoms with Crippen molar-refractivity contribution in [3.05, 3.63) is 17.5 Å². The van der Waals surface area contributed by atoms with Gasteiger partial charge in [-0.3, -0.25) is 9.48 Å². The van der Waals surface area contributed by atoms with Gasteiger partial charge in [-0.15, -0.1) is 0 Å². The second kappa shape index (κ2) is 4.90. The van der Waals surface area contributed by atoms with E-state index in [9.17, 15) is 4.79 Å². The number of amides is 1. The minimum Gasteiger partial charge on any atom is -0.338 e. The third-order valence-electron chi connectivity index (χ3n) is 3.44. The molecule has 0 aliphatic carbocycles. The first-order valence-electron chi connectivity index (χ1n) is 6.45. The van der Waals surface area contributed by atoms with Crippen LogP contribution in [0.15, 0.2) is 6.20 Å². The fraction of sp³-hybridized carbons (Fsp3) is 0.692. The Hall–Kier alpha value is -1.32. The van der Waals surface area contributed by atoms with Crippen LogP contribution >= 0.6 is 0 Å². The molecule has 0 aromatic carbocycles. The summed E-state index contributed by atoms with van der Waals surface area (Å²) >= 11 is 0. The van der Waals surface area contributed by atoms with Crippen molar-refractivity contribution in [2.45, 2.75) is 40.2 Å². The number of aromatic nitrogens is 2. The van der Waals surface area contributed by atoms with Crippen molar-refractivity contribution in [3.8, 4) is 0 Å². The van der Waals surface area contributed by atoms with E-state index in [1.807, 2.05) is 29.6 Å². The van der Waals surface area contributed by atoms with Crippen molar-refractivity contribution in [2.24, 2.45) is 5.92 Å². The standard InChI is InChI=1S/C13H21N3O/c1-4-16-9-12(11(3)14-16)13(17)15-7-5-6-10(2)8-15/h9-10H,4-8H2,1-3H3/t10-/m0/s1. The van der Waals surface area contributed by atoms with Crippen molar-refractivity contribution >= 4 is 5.91 Å². The molecule has 4 heteroatoms. The van der Waals surface area contributed by atoms with E-state index in [-0.39, 0.29) is 5.91 Å². The van der Waals surface area contributed by atoms with Gasteiger partial charge in [0.2, 0.25) is 0 Å². The maximum atomic E-state index is 12.4. The van der Waals surface area contributed by atoms with Crippen molar-refractivity contribution in [1.82, 2.24) is 14.7 Å². The molecule has 2 heterocycles. The summed E-state index contributed by atoms with van der Waals surface area (Å²) in [6.45, 7) is 8.73. The number of aryl methyl sites for hydroxylation is 2. The molecule has 1 aromatic rings. The van der Waals surface area contributed by atoms with Crippen LogP contribution in [0.4, 0.5) is 0 Å². The van der Waals surface area contributed by atoms with Crippen LogP contribution in [0.5, 0.6) is 0 Å². The molecule has 1 aliphatic rings.